The fourth-order valence-corrected chi connectivity index (χ4v) is 7.23. The maximum absolute atomic E-state index is 13.9. The van der Waals surface area contributed by atoms with Crippen LogP contribution in [0.2, 0.25) is 0 Å². The van der Waals surface area contributed by atoms with Crippen LogP contribution in [0.5, 0.6) is 0 Å². The number of thiophene rings is 2. The van der Waals surface area contributed by atoms with Crippen LogP contribution in [0, 0.1) is 5.82 Å². The molecule has 0 bridgehead atoms. The minimum absolute atomic E-state index is 0.0900. The van der Waals surface area contributed by atoms with Gasteiger partial charge >= 0.3 is 5.97 Å². The maximum atomic E-state index is 13.9. The zero-order chi connectivity index (χ0) is 29.9. The van der Waals surface area contributed by atoms with E-state index in [1.165, 1.54) is 39.4 Å². The number of amides is 1. The zero-order valence-corrected chi connectivity index (χ0v) is 25.0. The molecule has 2 aromatic carbocycles. The number of furan rings is 1. The van der Waals surface area contributed by atoms with E-state index in [9.17, 15) is 18.8 Å². The summed E-state index contributed by atoms with van der Waals surface area (Å²) in [7, 11) is 0. The predicted molar refractivity (Wildman–Crippen MR) is 168 cm³/mol. The lowest BCUT2D eigenvalue weighted by Gasteiger charge is -2.13. The molecule has 0 saturated carbocycles. The summed E-state index contributed by atoms with van der Waals surface area (Å²) in [5.41, 5.74) is 2.32. The second kappa shape index (κ2) is 12.4. The summed E-state index contributed by atoms with van der Waals surface area (Å²) < 4.78 is 25.8. The Hall–Kier alpha value is -4.52. The first-order chi connectivity index (χ1) is 20.9. The van der Waals surface area contributed by atoms with Crippen molar-refractivity contribution in [1.82, 2.24) is 9.55 Å². The van der Waals surface area contributed by atoms with E-state index in [4.69, 9.17) is 14.1 Å². The monoisotopic (exact) mass is 631 g/mol. The van der Waals surface area contributed by atoms with Gasteiger partial charge in [0.25, 0.3) is 5.56 Å². The molecular weight excluding hydrogens is 610 g/mol. The van der Waals surface area contributed by atoms with Gasteiger partial charge in [-0.3, -0.25) is 14.2 Å². The van der Waals surface area contributed by atoms with Gasteiger partial charge in [0.1, 0.15) is 27.0 Å². The van der Waals surface area contributed by atoms with Gasteiger partial charge in [-0.2, -0.15) is 0 Å². The molecule has 1 amide bonds. The number of rotatable bonds is 9. The Morgan fingerprint density at radius 3 is 2.51 bits per heavy atom. The highest BCUT2D eigenvalue weighted by molar-refractivity contribution is 7.99. The molecule has 0 aliphatic rings. The van der Waals surface area contributed by atoms with E-state index in [1.54, 1.807) is 55.0 Å². The molecule has 6 rings (SSSR count). The van der Waals surface area contributed by atoms with Crippen LogP contribution in [0.4, 0.5) is 9.39 Å². The van der Waals surface area contributed by atoms with Crippen molar-refractivity contribution in [3.63, 3.8) is 0 Å². The minimum atomic E-state index is -0.596. The van der Waals surface area contributed by atoms with Gasteiger partial charge in [0.15, 0.2) is 5.16 Å². The van der Waals surface area contributed by atoms with Gasteiger partial charge in [-0.05, 0) is 48.9 Å². The van der Waals surface area contributed by atoms with E-state index in [1.807, 2.05) is 23.6 Å². The summed E-state index contributed by atoms with van der Waals surface area (Å²) in [4.78, 5) is 45.3. The number of thioether (sulfide) groups is 1. The van der Waals surface area contributed by atoms with E-state index < -0.39 is 17.7 Å². The zero-order valence-electron chi connectivity index (χ0n) is 22.5. The average Bonchev–Trinajstić information content (AvgIpc) is 3.77. The molecule has 216 valence electrons. The largest absolute Gasteiger partial charge is 0.464 e. The van der Waals surface area contributed by atoms with Gasteiger partial charge in [0.2, 0.25) is 5.91 Å². The molecule has 12 heteroatoms. The molecule has 1 N–H and O–H groups in total. The summed E-state index contributed by atoms with van der Waals surface area (Å²) in [6.07, 6.45) is 1.55. The molecular formula is C31H22FN3O5S3. The number of carbonyl (C=O) groups excluding carboxylic acids is 2. The van der Waals surface area contributed by atoms with E-state index in [2.05, 4.69) is 5.32 Å². The second-order valence-corrected chi connectivity index (χ2v) is 11.8. The third-order valence-corrected chi connectivity index (χ3v) is 9.10. The molecule has 0 fully saturated rings. The number of fused-ring (bicyclic) bond motifs is 1. The summed E-state index contributed by atoms with van der Waals surface area (Å²) in [6.45, 7) is 1.84. The third kappa shape index (κ3) is 5.76. The predicted octanol–water partition coefficient (Wildman–Crippen LogP) is 7.48. The minimum Gasteiger partial charge on any atom is -0.464 e. The van der Waals surface area contributed by atoms with Crippen molar-refractivity contribution in [3.05, 3.63) is 105 Å². The Balaban J connectivity index is 1.31. The van der Waals surface area contributed by atoms with Crippen LogP contribution in [-0.2, 0) is 9.53 Å². The fourth-order valence-electron chi connectivity index (χ4n) is 4.48. The number of para-hydroxylation sites is 1. The highest BCUT2D eigenvalue weighted by atomic mass is 32.2. The van der Waals surface area contributed by atoms with Crippen LogP contribution in [0.3, 0.4) is 0 Å². The summed E-state index contributed by atoms with van der Waals surface area (Å²) >= 11 is 3.60. The van der Waals surface area contributed by atoms with Gasteiger partial charge in [-0.15, -0.1) is 22.7 Å². The summed E-state index contributed by atoms with van der Waals surface area (Å²) in [6, 6.07) is 18.4. The van der Waals surface area contributed by atoms with Crippen molar-refractivity contribution in [2.75, 3.05) is 17.7 Å². The standard InChI is InChI=1S/C31H22FN3O5S3/c1-2-39-30(38)26-21(18-10-12-19(32)13-11-18)15-41-28(26)33-24(36)17-43-31-34-27-25(22(16-42-27)23-9-6-14-40-23)29(37)35(31)20-7-4-3-5-8-20/h3-16H,2,17H2,1H3,(H,33,36). The van der Waals surface area contributed by atoms with E-state index in [0.29, 0.717) is 48.5 Å². The molecule has 8 nitrogen and oxygen atoms in total. The number of ether oxygens (including phenoxy) is 1. The number of benzene rings is 2. The Bertz CT molecular complexity index is 1980. The van der Waals surface area contributed by atoms with Gasteiger partial charge in [0, 0.05) is 21.9 Å². The van der Waals surface area contributed by atoms with Crippen molar-refractivity contribution in [3.8, 4) is 28.1 Å². The molecule has 4 heterocycles. The molecule has 0 spiro atoms. The first-order valence-corrected chi connectivity index (χ1v) is 15.8. The molecule has 0 aliphatic carbocycles. The molecule has 0 radical (unpaired) electrons. The van der Waals surface area contributed by atoms with Crippen molar-refractivity contribution < 1.29 is 23.1 Å². The lowest BCUT2D eigenvalue weighted by Crippen LogP contribution is -2.22. The molecule has 0 aliphatic heterocycles. The lowest BCUT2D eigenvalue weighted by molar-refractivity contribution is -0.113. The normalized spacial score (nSPS) is 11.1. The first-order valence-electron chi connectivity index (χ1n) is 13.0. The van der Waals surface area contributed by atoms with Gasteiger partial charge < -0.3 is 14.5 Å². The Labute approximate surface area is 256 Å². The summed E-state index contributed by atoms with van der Waals surface area (Å²) in [5.74, 6) is -0.922. The Morgan fingerprint density at radius 2 is 1.79 bits per heavy atom. The average molecular weight is 632 g/mol. The van der Waals surface area contributed by atoms with Crippen molar-refractivity contribution in [2.24, 2.45) is 0 Å². The molecule has 0 unspecified atom stereocenters. The Morgan fingerprint density at radius 1 is 1.02 bits per heavy atom. The summed E-state index contributed by atoms with van der Waals surface area (Å²) in [5, 5.41) is 7.46. The van der Waals surface area contributed by atoms with Crippen LogP contribution in [0.1, 0.15) is 17.3 Å². The SMILES string of the molecule is CCOC(=O)c1c(-c2ccc(F)cc2)csc1NC(=O)CSc1nc2scc(-c3ccco3)c2c(=O)n1-c1ccccc1. The number of nitrogens with zero attached hydrogens (tertiary/aromatic N) is 2. The van der Waals surface area contributed by atoms with Crippen LogP contribution in [0.25, 0.3) is 38.4 Å². The molecule has 6 aromatic rings. The van der Waals surface area contributed by atoms with Crippen LogP contribution in [0.15, 0.2) is 98.1 Å². The Kier molecular flexibility index (Phi) is 8.23. The number of anilines is 1. The van der Waals surface area contributed by atoms with E-state index in [0.717, 1.165) is 11.8 Å². The highest BCUT2D eigenvalue weighted by Crippen LogP contribution is 2.37. The van der Waals surface area contributed by atoms with Crippen molar-refractivity contribution in [2.45, 2.75) is 12.1 Å². The van der Waals surface area contributed by atoms with E-state index in [-0.39, 0.29) is 23.5 Å². The van der Waals surface area contributed by atoms with Crippen LogP contribution >= 0.6 is 34.4 Å². The van der Waals surface area contributed by atoms with Gasteiger partial charge in [-0.1, -0.05) is 42.1 Å². The first kappa shape index (κ1) is 28.6. The van der Waals surface area contributed by atoms with Gasteiger partial charge in [-0.25, -0.2) is 14.2 Å². The highest BCUT2D eigenvalue weighted by Gasteiger charge is 2.24. The number of aromatic nitrogens is 2. The smallest absolute Gasteiger partial charge is 0.341 e. The number of hydrogen-bond acceptors (Lipinski definition) is 9. The maximum Gasteiger partial charge on any atom is 0.341 e. The number of halogens is 1. The molecule has 0 atom stereocenters. The number of esters is 1. The van der Waals surface area contributed by atoms with Crippen molar-refractivity contribution in [1.29, 1.82) is 0 Å². The fraction of sp³-hybridized carbons (Fsp3) is 0.0968. The number of carbonyl (C=O) groups is 2. The number of hydrogen-bond donors (Lipinski definition) is 1. The quantitative estimate of drug-likeness (QED) is 0.100. The second-order valence-electron chi connectivity index (χ2n) is 9.10. The van der Waals surface area contributed by atoms with Crippen LogP contribution < -0.4 is 10.9 Å². The third-order valence-electron chi connectivity index (χ3n) is 6.39. The van der Waals surface area contributed by atoms with E-state index >= 15 is 0 Å². The van der Waals surface area contributed by atoms with Crippen molar-refractivity contribution >= 4 is 61.5 Å². The topological polar surface area (TPSA) is 103 Å². The van der Waals surface area contributed by atoms with Gasteiger partial charge in [0.05, 0.1) is 29.7 Å². The molecule has 0 saturated heterocycles. The van der Waals surface area contributed by atoms with Crippen LogP contribution in [-0.4, -0.2) is 33.8 Å². The molecule has 43 heavy (non-hydrogen) atoms. The number of nitrogens with one attached hydrogen (secondary N) is 1. The molecule has 4 aromatic heterocycles. The lowest BCUT2D eigenvalue weighted by atomic mass is 10.0.